The second kappa shape index (κ2) is 4.38. The Kier molecular flexibility index (Phi) is 3.14. The molecule has 3 nitrogen and oxygen atoms in total. The zero-order valence-electron chi connectivity index (χ0n) is 8.01. The number of halogens is 1. The highest BCUT2D eigenvalue weighted by Crippen LogP contribution is 2.31. The largest absolute Gasteiger partial charge is 0.379 e. The highest BCUT2D eigenvalue weighted by atomic mass is 79.9. The van der Waals surface area contributed by atoms with Gasteiger partial charge in [0.2, 0.25) is 0 Å². The first-order chi connectivity index (χ1) is 7.18. The average molecular weight is 285 g/mol. The van der Waals surface area contributed by atoms with E-state index in [-0.39, 0.29) is 0 Å². The molecule has 5 heteroatoms. The van der Waals surface area contributed by atoms with Gasteiger partial charge in [-0.3, -0.25) is 0 Å². The molecule has 0 aliphatic carbocycles. The third-order valence-corrected chi connectivity index (χ3v) is 3.86. The van der Waals surface area contributed by atoms with E-state index >= 15 is 0 Å². The Labute approximate surface area is 100.0 Å². The van der Waals surface area contributed by atoms with Gasteiger partial charge < -0.3 is 5.11 Å². The highest BCUT2D eigenvalue weighted by Gasteiger charge is 2.17. The van der Waals surface area contributed by atoms with E-state index in [1.165, 1.54) is 11.3 Å². The van der Waals surface area contributed by atoms with Gasteiger partial charge in [-0.2, -0.15) is 0 Å². The van der Waals surface area contributed by atoms with Crippen molar-refractivity contribution in [2.24, 2.45) is 0 Å². The Morgan fingerprint density at radius 3 is 2.60 bits per heavy atom. The number of hydrogen-bond donors (Lipinski definition) is 1. The Morgan fingerprint density at radius 2 is 2.07 bits per heavy atom. The van der Waals surface area contributed by atoms with Crippen LogP contribution in [0, 0.1) is 6.92 Å². The van der Waals surface area contributed by atoms with Crippen LogP contribution in [-0.4, -0.2) is 15.1 Å². The second-order valence-electron chi connectivity index (χ2n) is 3.15. The van der Waals surface area contributed by atoms with Crippen molar-refractivity contribution in [1.82, 2.24) is 9.97 Å². The molecule has 0 spiro atoms. The third kappa shape index (κ3) is 2.25. The van der Waals surface area contributed by atoms with Gasteiger partial charge in [-0.15, -0.1) is 11.3 Å². The first-order valence-corrected chi connectivity index (χ1v) is 6.05. The van der Waals surface area contributed by atoms with Crippen molar-refractivity contribution in [3.63, 3.8) is 0 Å². The predicted octanol–water partition coefficient (Wildman–Crippen LogP) is 2.69. The standard InChI is InChI=1S/C10H9BrN2OS/c1-6-4-12-10(13-5-6)8(14)9-7(11)2-3-15-9/h2-5,8,14H,1H3. The summed E-state index contributed by atoms with van der Waals surface area (Å²) in [7, 11) is 0. The monoisotopic (exact) mass is 284 g/mol. The molecule has 1 atom stereocenters. The molecule has 0 aliphatic rings. The van der Waals surface area contributed by atoms with Crippen LogP contribution in [-0.2, 0) is 0 Å². The molecule has 0 aromatic carbocycles. The van der Waals surface area contributed by atoms with Crippen LogP contribution < -0.4 is 0 Å². The summed E-state index contributed by atoms with van der Waals surface area (Å²) in [6.45, 7) is 1.91. The maximum absolute atomic E-state index is 10.0. The molecule has 0 fully saturated rings. The van der Waals surface area contributed by atoms with Gasteiger partial charge in [0, 0.05) is 16.9 Å². The lowest BCUT2D eigenvalue weighted by atomic mass is 10.2. The first-order valence-electron chi connectivity index (χ1n) is 4.38. The number of aliphatic hydroxyl groups is 1. The van der Waals surface area contributed by atoms with Crippen molar-refractivity contribution in [3.05, 3.63) is 44.6 Å². The second-order valence-corrected chi connectivity index (χ2v) is 4.96. The van der Waals surface area contributed by atoms with Gasteiger partial charge >= 0.3 is 0 Å². The fourth-order valence-electron chi connectivity index (χ4n) is 1.16. The van der Waals surface area contributed by atoms with E-state index in [9.17, 15) is 5.11 Å². The molecule has 0 radical (unpaired) electrons. The minimum absolute atomic E-state index is 0.434. The highest BCUT2D eigenvalue weighted by molar-refractivity contribution is 9.10. The van der Waals surface area contributed by atoms with Crippen LogP contribution in [0.15, 0.2) is 28.3 Å². The topological polar surface area (TPSA) is 46.0 Å². The van der Waals surface area contributed by atoms with Gasteiger partial charge in [0.1, 0.15) is 6.10 Å². The van der Waals surface area contributed by atoms with Crippen LogP contribution in [0.2, 0.25) is 0 Å². The number of aryl methyl sites for hydroxylation is 1. The third-order valence-electron chi connectivity index (χ3n) is 1.94. The Morgan fingerprint density at radius 1 is 1.40 bits per heavy atom. The zero-order chi connectivity index (χ0) is 10.8. The molecular formula is C10H9BrN2OS. The summed E-state index contributed by atoms with van der Waals surface area (Å²) in [5.74, 6) is 0.434. The molecule has 0 aliphatic heterocycles. The summed E-state index contributed by atoms with van der Waals surface area (Å²) in [6.07, 6.45) is 2.65. The fraction of sp³-hybridized carbons (Fsp3) is 0.200. The van der Waals surface area contributed by atoms with E-state index in [1.54, 1.807) is 12.4 Å². The molecule has 15 heavy (non-hydrogen) atoms. The van der Waals surface area contributed by atoms with E-state index in [0.717, 1.165) is 14.9 Å². The normalized spacial score (nSPS) is 12.7. The van der Waals surface area contributed by atoms with Gasteiger partial charge in [0.15, 0.2) is 5.82 Å². The fourth-order valence-corrected chi connectivity index (χ4v) is 2.73. The SMILES string of the molecule is Cc1cnc(C(O)c2sccc2Br)nc1. The van der Waals surface area contributed by atoms with Crippen molar-refractivity contribution < 1.29 is 5.11 Å². The maximum Gasteiger partial charge on any atom is 0.162 e. The van der Waals surface area contributed by atoms with Crippen LogP contribution in [0.1, 0.15) is 22.4 Å². The summed E-state index contributed by atoms with van der Waals surface area (Å²) in [5, 5.41) is 11.9. The van der Waals surface area contributed by atoms with Crippen molar-refractivity contribution in [1.29, 1.82) is 0 Å². The van der Waals surface area contributed by atoms with E-state index in [2.05, 4.69) is 25.9 Å². The number of hydrogen-bond acceptors (Lipinski definition) is 4. The Hall–Kier alpha value is -0.780. The number of aliphatic hydroxyl groups excluding tert-OH is 1. The zero-order valence-corrected chi connectivity index (χ0v) is 10.4. The molecule has 0 amide bonds. The van der Waals surface area contributed by atoms with Crippen LogP contribution in [0.5, 0.6) is 0 Å². The van der Waals surface area contributed by atoms with E-state index < -0.39 is 6.10 Å². The van der Waals surface area contributed by atoms with Gasteiger partial charge in [-0.1, -0.05) is 0 Å². The van der Waals surface area contributed by atoms with Gasteiger partial charge in [-0.25, -0.2) is 9.97 Å². The van der Waals surface area contributed by atoms with Gasteiger partial charge in [-0.05, 0) is 39.9 Å². The molecule has 2 aromatic heterocycles. The average Bonchev–Trinajstić information content (AvgIpc) is 2.65. The number of aromatic nitrogens is 2. The maximum atomic E-state index is 10.0. The number of rotatable bonds is 2. The van der Waals surface area contributed by atoms with Crippen LogP contribution in [0.4, 0.5) is 0 Å². The molecule has 78 valence electrons. The van der Waals surface area contributed by atoms with Crippen molar-refractivity contribution in [2.75, 3.05) is 0 Å². The summed E-state index contributed by atoms with van der Waals surface area (Å²) in [6, 6.07) is 1.90. The van der Waals surface area contributed by atoms with E-state index in [4.69, 9.17) is 0 Å². The molecule has 0 saturated carbocycles. The number of nitrogens with zero attached hydrogens (tertiary/aromatic N) is 2. The molecule has 2 heterocycles. The molecule has 2 aromatic rings. The minimum Gasteiger partial charge on any atom is -0.379 e. The smallest absolute Gasteiger partial charge is 0.162 e. The summed E-state index contributed by atoms with van der Waals surface area (Å²) in [4.78, 5) is 9.03. The Bertz CT molecular complexity index is 455. The molecule has 0 saturated heterocycles. The van der Waals surface area contributed by atoms with Crippen LogP contribution >= 0.6 is 27.3 Å². The summed E-state index contributed by atoms with van der Waals surface area (Å²) < 4.78 is 0.893. The lowest BCUT2D eigenvalue weighted by Gasteiger charge is -2.07. The lowest BCUT2D eigenvalue weighted by Crippen LogP contribution is -2.03. The predicted molar refractivity (Wildman–Crippen MR) is 62.8 cm³/mol. The van der Waals surface area contributed by atoms with Gasteiger partial charge in [0.25, 0.3) is 0 Å². The minimum atomic E-state index is -0.750. The Balaban J connectivity index is 2.32. The quantitative estimate of drug-likeness (QED) is 0.922. The lowest BCUT2D eigenvalue weighted by molar-refractivity contribution is 0.213. The molecular weight excluding hydrogens is 276 g/mol. The van der Waals surface area contributed by atoms with Crippen LogP contribution in [0.25, 0.3) is 0 Å². The van der Waals surface area contributed by atoms with Crippen LogP contribution in [0.3, 0.4) is 0 Å². The molecule has 0 bridgehead atoms. The van der Waals surface area contributed by atoms with Crippen molar-refractivity contribution in [3.8, 4) is 0 Å². The van der Waals surface area contributed by atoms with E-state index in [1.807, 2.05) is 18.4 Å². The van der Waals surface area contributed by atoms with Crippen molar-refractivity contribution >= 4 is 27.3 Å². The van der Waals surface area contributed by atoms with Gasteiger partial charge in [0.05, 0.1) is 4.88 Å². The summed E-state index contributed by atoms with van der Waals surface area (Å²) >= 11 is 4.85. The number of thiophene rings is 1. The molecule has 1 N–H and O–H groups in total. The molecule has 1 unspecified atom stereocenters. The van der Waals surface area contributed by atoms with Crippen molar-refractivity contribution in [2.45, 2.75) is 13.0 Å². The molecule has 2 rings (SSSR count). The summed E-state index contributed by atoms with van der Waals surface area (Å²) in [5.41, 5.74) is 0.983. The van der Waals surface area contributed by atoms with E-state index in [0.29, 0.717) is 5.82 Å². The first kappa shape index (κ1) is 10.7.